The Morgan fingerprint density at radius 2 is 1.96 bits per heavy atom. The van der Waals surface area contributed by atoms with Crippen LogP contribution in [0.1, 0.15) is 18.1 Å². The van der Waals surface area contributed by atoms with Gasteiger partial charge in [-0.25, -0.2) is 0 Å². The van der Waals surface area contributed by atoms with Crippen LogP contribution in [0.15, 0.2) is 59.6 Å². The molecular weight excluding hydrogens is 360 g/mol. The van der Waals surface area contributed by atoms with Gasteiger partial charge in [0.25, 0.3) is 5.91 Å². The molecule has 0 fully saturated rings. The molecule has 1 aromatic heterocycles. The lowest BCUT2D eigenvalue weighted by Crippen LogP contribution is -2.22. The Morgan fingerprint density at radius 1 is 1.19 bits per heavy atom. The third-order valence-corrected chi connectivity index (χ3v) is 5.14. The minimum Gasteiger partial charge on any atom is -0.468 e. The first kappa shape index (κ1) is 18.8. The monoisotopic (exact) mass is 380 g/mol. The molecule has 0 radical (unpaired) electrons. The molecule has 0 aliphatic heterocycles. The second-order valence-electron chi connectivity index (χ2n) is 5.90. The normalized spacial score (nSPS) is 12.0. The maximum atomic E-state index is 12.3. The molecule has 0 saturated heterocycles. The topological polar surface area (TPSA) is 60.7 Å². The first-order valence-corrected chi connectivity index (χ1v) is 9.43. The highest BCUT2D eigenvalue weighted by molar-refractivity contribution is 7.16. The summed E-state index contributed by atoms with van der Waals surface area (Å²) in [5.41, 5.74) is 2.98. The van der Waals surface area contributed by atoms with Crippen LogP contribution in [0.2, 0.25) is 0 Å². The van der Waals surface area contributed by atoms with E-state index in [4.69, 9.17) is 4.74 Å². The number of fused-ring (bicyclic) bond motifs is 1. The quantitative estimate of drug-likeness (QED) is 0.502. The predicted octanol–water partition coefficient (Wildman–Crippen LogP) is 3.58. The highest BCUT2D eigenvalue weighted by Crippen LogP contribution is 2.20. The van der Waals surface area contributed by atoms with E-state index in [1.807, 2.05) is 42.5 Å². The maximum absolute atomic E-state index is 12.3. The Balaban J connectivity index is 2.01. The third-order valence-electron chi connectivity index (χ3n) is 4.09. The van der Waals surface area contributed by atoms with Gasteiger partial charge in [0.05, 0.1) is 17.3 Å². The van der Waals surface area contributed by atoms with Crippen molar-refractivity contribution in [2.24, 2.45) is 4.99 Å². The maximum Gasteiger partial charge on any atom is 0.325 e. The van der Waals surface area contributed by atoms with Crippen LogP contribution in [0.5, 0.6) is 0 Å². The van der Waals surface area contributed by atoms with E-state index in [-0.39, 0.29) is 18.4 Å². The van der Waals surface area contributed by atoms with Crippen LogP contribution < -0.4 is 4.80 Å². The van der Waals surface area contributed by atoms with Crippen LogP contribution in [0.3, 0.4) is 0 Å². The molecule has 6 heteroatoms. The fourth-order valence-corrected chi connectivity index (χ4v) is 3.73. The number of hydrogen-bond acceptors (Lipinski definition) is 4. The van der Waals surface area contributed by atoms with Crippen molar-refractivity contribution in [1.82, 2.24) is 4.57 Å². The van der Waals surface area contributed by atoms with E-state index in [0.29, 0.717) is 4.80 Å². The van der Waals surface area contributed by atoms with Gasteiger partial charge in [-0.3, -0.25) is 9.59 Å². The molecule has 138 valence electrons. The highest BCUT2D eigenvalue weighted by Gasteiger charge is 2.11. The number of ether oxygens (including phenoxy) is 1. The van der Waals surface area contributed by atoms with Crippen LogP contribution in [0.4, 0.5) is 0 Å². The second-order valence-corrected chi connectivity index (χ2v) is 6.91. The molecule has 0 saturated carbocycles. The van der Waals surface area contributed by atoms with E-state index in [0.717, 1.165) is 22.2 Å². The average Bonchev–Trinajstić information content (AvgIpc) is 3.03. The van der Waals surface area contributed by atoms with Crippen LogP contribution >= 0.6 is 11.3 Å². The largest absolute Gasteiger partial charge is 0.468 e. The summed E-state index contributed by atoms with van der Waals surface area (Å²) < 4.78 is 7.49. The molecule has 0 unspecified atom stereocenters. The number of rotatable bonds is 5. The molecule has 0 aliphatic rings. The Hall–Kier alpha value is -2.99. The number of nitrogens with zero attached hydrogens (tertiary/aromatic N) is 2. The van der Waals surface area contributed by atoms with Gasteiger partial charge in [-0.2, -0.15) is 4.99 Å². The van der Waals surface area contributed by atoms with Gasteiger partial charge in [0, 0.05) is 6.08 Å². The molecule has 0 bridgehead atoms. The first-order valence-electron chi connectivity index (χ1n) is 8.61. The molecule has 2 aromatic carbocycles. The van der Waals surface area contributed by atoms with Crippen molar-refractivity contribution in [2.75, 3.05) is 7.11 Å². The fourth-order valence-electron chi connectivity index (χ4n) is 2.63. The van der Waals surface area contributed by atoms with E-state index in [1.54, 1.807) is 10.6 Å². The van der Waals surface area contributed by atoms with Gasteiger partial charge in [-0.05, 0) is 35.8 Å². The van der Waals surface area contributed by atoms with Crippen molar-refractivity contribution in [1.29, 1.82) is 0 Å². The Labute approximate surface area is 161 Å². The van der Waals surface area contributed by atoms with Crippen LogP contribution in [-0.2, 0) is 27.3 Å². The lowest BCUT2D eigenvalue weighted by Gasteiger charge is -2.04. The van der Waals surface area contributed by atoms with Crippen molar-refractivity contribution in [3.63, 3.8) is 0 Å². The predicted molar refractivity (Wildman–Crippen MR) is 107 cm³/mol. The number of amides is 1. The lowest BCUT2D eigenvalue weighted by atomic mass is 10.2. The minimum atomic E-state index is -0.386. The summed E-state index contributed by atoms with van der Waals surface area (Å²) in [5, 5.41) is 0. The highest BCUT2D eigenvalue weighted by atomic mass is 32.1. The van der Waals surface area contributed by atoms with Gasteiger partial charge >= 0.3 is 5.97 Å². The van der Waals surface area contributed by atoms with Gasteiger partial charge < -0.3 is 9.30 Å². The zero-order valence-corrected chi connectivity index (χ0v) is 16.0. The van der Waals surface area contributed by atoms with Gasteiger partial charge in [0.2, 0.25) is 0 Å². The lowest BCUT2D eigenvalue weighted by molar-refractivity contribution is -0.141. The minimum absolute atomic E-state index is 0.0104. The van der Waals surface area contributed by atoms with E-state index in [9.17, 15) is 9.59 Å². The summed E-state index contributed by atoms with van der Waals surface area (Å²) >= 11 is 1.39. The van der Waals surface area contributed by atoms with Crippen LogP contribution in [0, 0.1) is 0 Å². The molecule has 3 aromatic rings. The SMILES string of the molecule is CCc1ccc2c(c1)sc(=NC(=O)/C=C/c1ccccc1)n2CC(=O)OC. The van der Waals surface area contributed by atoms with E-state index in [1.165, 1.54) is 30.1 Å². The summed E-state index contributed by atoms with van der Waals surface area (Å²) in [7, 11) is 1.34. The van der Waals surface area contributed by atoms with Crippen molar-refractivity contribution in [3.8, 4) is 0 Å². The Bertz CT molecular complexity index is 1060. The van der Waals surface area contributed by atoms with Gasteiger partial charge in [0.1, 0.15) is 6.54 Å². The second kappa shape index (κ2) is 8.60. The molecule has 1 amide bonds. The standard InChI is InChI=1S/C21H20N2O3S/c1-3-15-9-11-17-18(13-15)27-21(23(17)14-20(25)26-2)22-19(24)12-10-16-7-5-4-6-8-16/h4-13H,3,14H2,1-2H3/b12-10+,22-21?. The van der Waals surface area contributed by atoms with Crippen LogP contribution in [0.25, 0.3) is 16.3 Å². The number of aromatic nitrogens is 1. The number of carbonyl (C=O) groups excluding carboxylic acids is 2. The summed E-state index contributed by atoms with van der Waals surface area (Å²) in [4.78, 5) is 28.8. The number of esters is 1. The van der Waals surface area contributed by atoms with Crippen molar-refractivity contribution < 1.29 is 14.3 Å². The summed E-state index contributed by atoms with van der Waals surface area (Å²) in [5.74, 6) is -0.761. The third kappa shape index (κ3) is 4.60. The molecule has 0 atom stereocenters. The number of methoxy groups -OCH3 is 1. The molecule has 27 heavy (non-hydrogen) atoms. The average molecular weight is 380 g/mol. The zero-order valence-electron chi connectivity index (χ0n) is 15.2. The van der Waals surface area contributed by atoms with Crippen molar-refractivity contribution >= 4 is 39.5 Å². The summed E-state index contributed by atoms with van der Waals surface area (Å²) in [6.07, 6.45) is 4.06. The summed E-state index contributed by atoms with van der Waals surface area (Å²) in [6.45, 7) is 2.09. The number of aryl methyl sites for hydroxylation is 1. The smallest absolute Gasteiger partial charge is 0.325 e. The first-order chi connectivity index (χ1) is 13.1. The molecule has 5 nitrogen and oxygen atoms in total. The van der Waals surface area contributed by atoms with E-state index in [2.05, 4.69) is 18.0 Å². The van der Waals surface area contributed by atoms with Crippen molar-refractivity contribution in [3.05, 3.63) is 70.5 Å². The molecule has 0 spiro atoms. The zero-order chi connectivity index (χ0) is 19.2. The molecule has 3 rings (SSSR count). The number of benzene rings is 2. The Kier molecular flexibility index (Phi) is 5.98. The van der Waals surface area contributed by atoms with Gasteiger partial charge in [-0.1, -0.05) is 54.7 Å². The number of carbonyl (C=O) groups is 2. The van der Waals surface area contributed by atoms with Gasteiger partial charge in [-0.15, -0.1) is 0 Å². The molecular formula is C21H20N2O3S. The number of hydrogen-bond donors (Lipinski definition) is 0. The van der Waals surface area contributed by atoms with Gasteiger partial charge in [0.15, 0.2) is 4.80 Å². The molecule has 0 aliphatic carbocycles. The summed E-state index contributed by atoms with van der Waals surface area (Å²) in [6, 6.07) is 15.6. The Morgan fingerprint density at radius 3 is 2.67 bits per heavy atom. The number of thiazole rings is 1. The molecule has 1 heterocycles. The van der Waals surface area contributed by atoms with E-state index >= 15 is 0 Å². The fraction of sp³-hybridized carbons (Fsp3) is 0.190. The molecule has 0 N–H and O–H groups in total. The van der Waals surface area contributed by atoms with Crippen molar-refractivity contribution in [2.45, 2.75) is 19.9 Å². The van der Waals surface area contributed by atoms with E-state index < -0.39 is 0 Å². The van der Waals surface area contributed by atoms with Crippen LogP contribution in [-0.4, -0.2) is 23.6 Å².